The van der Waals surface area contributed by atoms with Gasteiger partial charge in [-0.15, -0.1) is 0 Å². The van der Waals surface area contributed by atoms with Crippen molar-refractivity contribution >= 4 is 18.7 Å². The third-order valence-electron chi connectivity index (χ3n) is 11.5. The van der Waals surface area contributed by atoms with E-state index in [2.05, 4.69) is 102 Å². The molecule has 45 heavy (non-hydrogen) atoms. The molecular weight excluding hydrogens is 580 g/mol. The molecule has 248 valence electrons. The number of fused-ring (bicyclic) bond motifs is 1. The van der Waals surface area contributed by atoms with Crippen molar-refractivity contribution in [1.82, 2.24) is 0 Å². The van der Waals surface area contributed by atoms with Gasteiger partial charge in [-0.1, -0.05) is 94.3 Å². The molecule has 4 aliphatic rings. The number of ether oxygens (including phenoxy) is 5. The van der Waals surface area contributed by atoms with Crippen LogP contribution in [-0.4, -0.2) is 64.1 Å². The number of methoxy groups -OCH3 is 1. The van der Waals surface area contributed by atoms with Gasteiger partial charge in [-0.25, -0.2) is 0 Å². The highest BCUT2D eigenvalue weighted by Gasteiger charge is 2.72. The second kappa shape index (κ2) is 11.8. The summed E-state index contributed by atoms with van der Waals surface area (Å²) in [7, 11) is -1.06. The third-order valence-corrected chi connectivity index (χ3v) is 16.5. The topological polar surface area (TPSA) is 55.4 Å². The maximum absolute atomic E-state index is 7.74. The molecule has 7 atom stereocenters. The van der Waals surface area contributed by atoms with E-state index in [0.717, 1.165) is 6.42 Å². The van der Waals surface area contributed by atoms with Crippen LogP contribution >= 0.6 is 0 Å². The van der Waals surface area contributed by atoms with E-state index in [1.807, 2.05) is 13.8 Å². The van der Waals surface area contributed by atoms with E-state index in [0.29, 0.717) is 31.7 Å². The van der Waals surface area contributed by atoms with E-state index < -0.39 is 31.1 Å². The number of benzene rings is 2. The molecule has 2 aromatic carbocycles. The lowest BCUT2D eigenvalue weighted by atomic mass is 9.56. The quantitative estimate of drug-likeness (QED) is 0.226. The molecule has 2 aliphatic heterocycles. The third kappa shape index (κ3) is 5.79. The zero-order chi connectivity index (χ0) is 32.3. The minimum Gasteiger partial charge on any atom is -0.407 e. The lowest BCUT2D eigenvalue weighted by Gasteiger charge is -2.57. The van der Waals surface area contributed by atoms with Gasteiger partial charge in [0, 0.05) is 19.6 Å². The zero-order valence-corrected chi connectivity index (χ0v) is 30.1. The first-order valence-corrected chi connectivity index (χ1v) is 19.0. The Morgan fingerprint density at radius 1 is 0.889 bits per heavy atom. The van der Waals surface area contributed by atoms with Gasteiger partial charge in [-0.2, -0.15) is 0 Å². The summed E-state index contributed by atoms with van der Waals surface area (Å²) in [5, 5.41) is 2.53. The molecule has 2 saturated heterocycles. The molecule has 0 radical (unpaired) electrons. The van der Waals surface area contributed by atoms with Gasteiger partial charge >= 0.3 is 0 Å². The van der Waals surface area contributed by atoms with Gasteiger partial charge < -0.3 is 28.1 Å². The lowest BCUT2D eigenvalue weighted by Crippen LogP contribution is -2.69. The van der Waals surface area contributed by atoms with Gasteiger partial charge in [0.05, 0.1) is 18.8 Å². The molecule has 2 heterocycles. The van der Waals surface area contributed by atoms with E-state index in [-0.39, 0.29) is 23.0 Å². The van der Waals surface area contributed by atoms with Crippen LogP contribution < -0.4 is 10.4 Å². The van der Waals surface area contributed by atoms with Crippen molar-refractivity contribution in [3.8, 4) is 0 Å². The first-order chi connectivity index (χ1) is 21.2. The summed E-state index contributed by atoms with van der Waals surface area (Å²) in [5.74, 6) is 0.0212. The maximum atomic E-state index is 7.74. The molecule has 6 rings (SSSR count). The predicted molar refractivity (Wildman–Crippen MR) is 180 cm³/mol. The SMILES string of the molecule is COC(C)(C)OC[C@]1(C)O[C@@H]2COC(C)(C)O[C@@]23C[C@@H]2CCC[C@@H]2[C@@H](CO[Si](c2ccccc2)(c2ccccc2)C(C)(C)C)[C@H]31. The fraction of sp³-hybridized carbons (Fsp3) is 0.684. The molecule has 2 aromatic rings. The first-order valence-electron chi connectivity index (χ1n) is 17.1. The highest BCUT2D eigenvalue weighted by molar-refractivity contribution is 6.99. The van der Waals surface area contributed by atoms with Gasteiger partial charge in [-0.05, 0) is 80.6 Å². The largest absolute Gasteiger partial charge is 0.407 e. The van der Waals surface area contributed by atoms with Crippen LogP contribution in [0.3, 0.4) is 0 Å². The van der Waals surface area contributed by atoms with Gasteiger partial charge in [0.2, 0.25) is 0 Å². The van der Waals surface area contributed by atoms with Crippen LogP contribution in [0.2, 0.25) is 5.04 Å². The van der Waals surface area contributed by atoms with Crippen LogP contribution in [-0.2, 0) is 28.1 Å². The van der Waals surface area contributed by atoms with Gasteiger partial charge in [0.25, 0.3) is 8.32 Å². The molecule has 4 fully saturated rings. The van der Waals surface area contributed by atoms with Crippen molar-refractivity contribution < 1.29 is 28.1 Å². The fourth-order valence-electron chi connectivity index (χ4n) is 9.64. The number of hydrogen-bond donors (Lipinski definition) is 0. The number of hydrogen-bond acceptors (Lipinski definition) is 6. The summed E-state index contributed by atoms with van der Waals surface area (Å²) in [4.78, 5) is 0. The molecule has 0 aromatic heterocycles. The van der Waals surface area contributed by atoms with Crippen molar-refractivity contribution in [2.45, 2.75) is 115 Å². The van der Waals surface area contributed by atoms with Crippen molar-refractivity contribution in [2.75, 3.05) is 26.9 Å². The molecule has 0 unspecified atom stereocenters. The standard InChI is InChI=1S/C38H56O6Si/c1-34(2,3)45(28-18-12-10-13-19-28,29-20-14-11-15-21-29)42-24-31-30-22-16-17-27(30)23-38-32(25-40-36(6,7)44-38)43-37(8,33(31)38)26-41-35(4,5)39-9/h10-15,18-21,27,30-33H,16-17,22-26H2,1-9H3/t27-,30-,31+,32+,33-,37-,38-/m0/s1. The predicted octanol–water partition coefficient (Wildman–Crippen LogP) is 6.69. The van der Waals surface area contributed by atoms with Crippen molar-refractivity contribution in [3.05, 3.63) is 60.7 Å². The average molecular weight is 637 g/mol. The normalized spacial score (nSPS) is 34.6. The Balaban J connectivity index is 1.46. The summed E-state index contributed by atoms with van der Waals surface area (Å²) in [6, 6.07) is 22.0. The van der Waals surface area contributed by atoms with Crippen LogP contribution in [0, 0.1) is 23.7 Å². The molecule has 0 N–H and O–H groups in total. The minimum absolute atomic E-state index is 0.0726. The molecule has 6 nitrogen and oxygen atoms in total. The Morgan fingerprint density at radius 2 is 1.51 bits per heavy atom. The molecule has 0 bridgehead atoms. The fourth-order valence-corrected chi connectivity index (χ4v) is 14.2. The van der Waals surface area contributed by atoms with Crippen LogP contribution in [0.1, 0.15) is 81.1 Å². The van der Waals surface area contributed by atoms with Crippen LogP contribution in [0.5, 0.6) is 0 Å². The smallest absolute Gasteiger partial charge is 0.261 e. The molecular formula is C38H56O6Si. The van der Waals surface area contributed by atoms with E-state index in [4.69, 9.17) is 28.1 Å². The molecule has 2 saturated carbocycles. The minimum atomic E-state index is -2.75. The molecule has 2 aliphatic carbocycles. The second-order valence-electron chi connectivity index (χ2n) is 16.3. The van der Waals surface area contributed by atoms with Gasteiger partial charge in [-0.3, -0.25) is 0 Å². The lowest BCUT2D eigenvalue weighted by molar-refractivity contribution is -0.349. The average Bonchev–Trinajstić information content (AvgIpc) is 3.55. The Labute approximate surface area is 272 Å². The summed E-state index contributed by atoms with van der Waals surface area (Å²) in [6.45, 7) is 19.0. The second-order valence-corrected chi connectivity index (χ2v) is 20.6. The first kappa shape index (κ1) is 33.3. The summed E-state index contributed by atoms with van der Waals surface area (Å²) in [6.07, 6.45) is 4.54. The van der Waals surface area contributed by atoms with E-state index in [9.17, 15) is 0 Å². The Hall–Kier alpha value is -1.58. The van der Waals surface area contributed by atoms with E-state index >= 15 is 0 Å². The van der Waals surface area contributed by atoms with Crippen molar-refractivity contribution in [2.24, 2.45) is 23.7 Å². The van der Waals surface area contributed by atoms with Gasteiger partial charge in [0.1, 0.15) is 11.7 Å². The van der Waals surface area contributed by atoms with Crippen LogP contribution in [0.25, 0.3) is 0 Å². The highest BCUT2D eigenvalue weighted by atomic mass is 28.4. The van der Waals surface area contributed by atoms with Gasteiger partial charge in [0.15, 0.2) is 11.6 Å². The molecule has 7 heteroatoms. The van der Waals surface area contributed by atoms with Crippen LogP contribution in [0.15, 0.2) is 60.7 Å². The summed E-state index contributed by atoms with van der Waals surface area (Å²) < 4.78 is 40.5. The number of rotatable bonds is 9. The zero-order valence-electron chi connectivity index (χ0n) is 29.1. The van der Waals surface area contributed by atoms with Crippen molar-refractivity contribution in [3.63, 3.8) is 0 Å². The van der Waals surface area contributed by atoms with Crippen molar-refractivity contribution in [1.29, 1.82) is 0 Å². The van der Waals surface area contributed by atoms with E-state index in [1.54, 1.807) is 7.11 Å². The Kier molecular flexibility index (Phi) is 8.76. The highest BCUT2D eigenvalue weighted by Crippen LogP contribution is 2.64. The molecule has 0 amide bonds. The summed E-state index contributed by atoms with van der Waals surface area (Å²) in [5.41, 5.74) is -1.07. The maximum Gasteiger partial charge on any atom is 0.261 e. The molecule has 1 spiro atoms. The Bertz CT molecular complexity index is 1270. The summed E-state index contributed by atoms with van der Waals surface area (Å²) >= 11 is 0. The monoisotopic (exact) mass is 636 g/mol. The Morgan fingerprint density at radius 3 is 2.09 bits per heavy atom. The van der Waals surface area contributed by atoms with E-state index in [1.165, 1.54) is 29.6 Å². The van der Waals surface area contributed by atoms with Crippen LogP contribution in [0.4, 0.5) is 0 Å².